The number of hydrogen-bond donors (Lipinski definition) is 0. The number of para-hydroxylation sites is 1. The van der Waals surface area contributed by atoms with Gasteiger partial charge >= 0.3 is 0 Å². The third-order valence-corrected chi connectivity index (χ3v) is 3.58. The average molecular weight is 245 g/mol. The molecular formula is C16H23NO. The van der Waals surface area contributed by atoms with Crippen molar-refractivity contribution in [2.45, 2.75) is 52.5 Å². The van der Waals surface area contributed by atoms with E-state index in [-0.39, 0.29) is 11.3 Å². The van der Waals surface area contributed by atoms with Crippen LogP contribution in [0.5, 0.6) is 0 Å². The summed E-state index contributed by atoms with van der Waals surface area (Å²) in [4.78, 5) is 14.7. The van der Waals surface area contributed by atoms with Crippen LogP contribution in [-0.4, -0.2) is 11.9 Å². The minimum atomic E-state index is -0.321. The summed E-state index contributed by atoms with van der Waals surface area (Å²) in [6.07, 6.45) is 4.75. The molecule has 2 rings (SSSR count). The molecule has 18 heavy (non-hydrogen) atoms. The first kappa shape index (κ1) is 13.1. The van der Waals surface area contributed by atoms with Gasteiger partial charge in [0.05, 0.1) is 0 Å². The van der Waals surface area contributed by atoms with Crippen LogP contribution in [0.2, 0.25) is 0 Å². The SMILES string of the molecule is CC(C)(C)C(=O)N(c1ccccc1)C1CCCC1. The molecule has 0 bridgehead atoms. The fourth-order valence-electron chi connectivity index (χ4n) is 2.61. The summed E-state index contributed by atoms with van der Waals surface area (Å²) in [7, 11) is 0. The van der Waals surface area contributed by atoms with Crippen LogP contribution in [0.25, 0.3) is 0 Å². The molecule has 0 atom stereocenters. The van der Waals surface area contributed by atoms with Gasteiger partial charge in [0.2, 0.25) is 5.91 Å². The van der Waals surface area contributed by atoms with E-state index in [4.69, 9.17) is 0 Å². The van der Waals surface area contributed by atoms with E-state index in [1.54, 1.807) is 0 Å². The first-order valence-corrected chi connectivity index (χ1v) is 6.89. The Morgan fingerprint density at radius 3 is 2.17 bits per heavy atom. The molecule has 1 aliphatic rings. The molecule has 0 saturated heterocycles. The van der Waals surface area contributed by atoms with Gasteiger partial charge in [-0.25, -0.2) is 0 Å². The van der Waals surface area contributed by atoms with Crippen LogP contribution in [0.15, 0.2) is 30.3 Å². The summed E-state index contributed by atoms with van der Waals surface area (Å²) in [5.74, 6) is 0.237. The smallest absolute Gasteiger partial charge is 0.232 e. The summed E-state index contributed by atoms with van der Waals surface area (Å²) < 4.78 is 0. The monoisotopic (exact) mass is 245 g/mol. The van der Waals surface area contributed by atoms with Crippen LogP contribution in [0, 0.1) is 5.41 Å². The van der Waals surface area contributed by atoms with Crippen molar-refractivity contribution in [1.82, 2.24) is 0 Å². The molecule has 0 spiro atoms. The van der Waals surface area contributed by atoms with Gasteiger partial charge < -0.3 is 4.90 Å². The second-order valence-electron chi connectivity index (χ2n) is 6.20. The lowest BCUT2D eigenvalue weighted by atomic mass is 9.93. The number of nitrogens with zero attached hydrogens (tertiary/aromatic N) is 1. The van der Waals surface area contributed by atoms with Gasteiger partial charge in [0.25, 0.3) is 0 Å². The van der Waals surface area contributed by atoms with Gasteiger partial charge in [-0.15, -0.1) is 0 Å². The maximum absolute atomic E-state index is 12.7. The van der Waals surface area contributed by atoms with Gasteiger partial charge in [-0.3, -0.25) is 4.79 Å². The Kier molecular flexibility index (Phi) is 3.74. The number of carbonyl (C=O) groups excluding carboxylic acids is 1. The van der Waals surface area contributed by atoms with Gasteiger partial charge in [-0.2, -0.15) is 0 Å². The van der Waals surface area contributed by atoms with E-state index in [1.807, 2.05) is 56.0 Å². The molecule has 2 nitrogen and oxygen atoms in total. The molecule has 2 heteroatoms. The van der Waals surface area contributed by atoms with Crippen molar-refractivity contribution in [2.24, 2.45) is 5.41 Å². The standard InChI is InChI=1S/C16H23NO/c1-16(2,3)15(18)17(14-11-7-8-12-14)13-9-5-4-6-10-13/h4-6,9-10,14H,7-8,11-12H2,1-3H3. The molecular weight excluding hydrogens is 222 g/mol. The highest BCUT2D eigenvalue weighted by Gasteiger charge is 2.34. The van der Waals surface area contributed by atoms with Crippen LogP contribution in [-0.2, 0) is 4.79 Å². The lowest BCUT2D eigenvalue weighted by Crippen LogP contribution is -2.45. The molecule has 1 aliphatic carbocycles. The summed E-state index contributed by atoms with van der Waals surface area (Å²) in [6.45, 7) is 6.00. The predicted octanol–water partition coefficient (Wildman–Crippen LogP) is 4.01. The van der Waals surface area contributed by atoms with E-state index in [9.17, 15) is 4.79 Å². The number of rotatable bonds is 2. The van der Waals surface area contributed by atoms with Crippen molar-refractivity contribution in [2.75, 3.05) is 4.90 Å². The zero-order valence-electron chi connectivity index (χ0n) is 11.6. The van der Waals surface area contributed by atoms with E-state index < -0.39 is 0 Å². The molecule has 1 amide bonds. The molecule has 0 aliphatic heterocycles. The maximum atomic E-state index is 12.7. The van der Waals surface area contributed by atoms with Crippen molar-refractivity contribution in [1.29, 1.82) is 0 Å². The molecule has 1 fully saturated rings. The Morgan fingerprint density at radius 1 is 1.11 bits per heavy atom. The van der Waals surface area contributed by atoms with Gasteiger partial charge in [-0.1, -0.05) is 51.8 Å². The summed E-state index contributed by atoms with van der Waals surface area (Å²) in [5, 5.41) is 0. The molecule has 0 aromatic heterocycles. The Morgan fingerprint density at radius 2 is 1.67 bits per heavy atom. The number of amides is 1. The quantitative estimate of drug-likeness (QED) is 0.771. The van der Waals surface area contributed by atoms with E-state index in [0.717, 1.165) is 18.5 Å². The fraction of sp³-hybridized carbons (Fsp3) is 0.562. The first-order chi connectivity index (χ1) is 8.50. The molecule has 0 N–H and O–H groups in total. The number of benzene rings is 1. The van der Waals surface area contributed by atoms with Gasteiger partial charge in [0, 0.05) is 17.1 Å². The maximum Gasteiger partial charge on any atom is 0.232 e. The highest BCUT2D eigenvalue weighted by atomic mass is 16.2. The van der Waals surface area contributed by atoms with Crippen molar-refractivity contribution in [3.05, 3.63) is 30.3 Å². The van der Waals surface area contributed by atoms with Crippen LogP contribution in [0.4, 0.5) is 5.69 Å². The topological polar surface area (TPSA) is 20.3 Å². The Balaban J connectivity index is 2.32. The summed E-state index contributed by atoms with van der Waals surface area (Å²) in [6, 6.07) is 10.5. The molecule has 1 aromatic carbocycles. The second kappa shape index (κ2) is 5.13. The highest BCUT2D eigenvalue weighted by molar-refractivity contribution is 5.97. The summed E-state index contributed by atoms with van der Waals surface area (Å²) in [5.41, 5.74) is 0.725. The lowest BCUT2D eigenvalue weighted by Gasteiger charge is -2.34. The Bertz CT molecular complexity index is 399. The van der Waals surface area contributed by atoms with Crippen LogP contribution >= 0.6 is 0 Å². The van der Waals surface area contributed by atoms with Crippen molar-refractivity contribution < 1.29 is 4.79 Å². The molecule has 98 valence electrons. The molecule has 0 heterocycles. The van der Waals surface area contributed by atoms with E-state index in [0.29, 0.717) is 6.04 Å². The van der Waals surface area contributed by atoms with E-state index >= 15 is 0 Å². The fourth-order valence-corrected chi connectivity index (χ4v) is 2.61. The van der Waals surface area contributed by atoms with Gasteiger partial charge in [0.1, 0.15) is 0 Å². The Hall–Kier alpha value is -1.31. The zero-order chi connectivity index (χ0) is 13.2. The molecule has 0 radical (unpaired) electrons. The molecule has 0 unspecified atom stereocenters. The highest BCUT2D eigenvalue weighted by Crippen LogP contribution is 2.32. The third-order valence-electron chi connectivity index (χ3n) is 3.58. The van der Waals surface area contributed by atoms with Crippen molar-refractivity contribution in [3.63, 3.8) is 0 Å². The van der Waals surface area contributed by atoms with Crippen molar-refractivity contribution >= 4 is 11.6 Å². The largest absolute Gasteiger partial charge is 0.309 e. The lowest BCUT2D eigenvalue weighted by molar-refractivity contribution is -0.126. The average Bonchev–Trinajstić information content (AvgIpc) is 2.83. The van der Waals surface area contributed by atoms with E-state index in [1.165, 1.54) is 12.8 Å². The van der Waals surface area contributed by atoms with Crippen LogP contribution in [0.3, 0.4) is 0 Å². The van der Waals surface area contributed by atoms with Crippen LogP contribution < -0.4 is 4.90 Å². The Labute approximate surface area is 110 Å². The minimum absolute atomic E-state index is 0.237. The van der Waals surface area contributed by atoms with E-state index in [2.05, 4.69) is 0 Å². The third kappa shape index (κ3) is 2.74. The second-order valence-corrected chi connectivity index (χ2v) is 6.20. The van der Waals surface area contributed by atoms with Crippen LogP contribution in [0.1, 0.15) is 46.5 Å². The number of carbonyl (C=O) groups is 1. The van der Waals surface area contributed by atoms with Gasteiger partial charge in [-0.05, 0) is 25.0 Å². The molecule has 1 aromatic rings. The summed E-state index contributed by atoms with van der Waals surface area (Å²) >= 11 is 0. The number of anilines is 1. The molecule has 1 saturated carbocycles. The predicted molar refractivity (Wildman–Crippen MR) is 75.6 cm³/mol. The van der Waals surface area contributed by atoms with Crippen molar-refractivity contribution in [3.8, 4) is 0 Å². The zero-order valence-corrected chi connectivity index (χ0v) is 11.6. The normalized spacial score (nSPS) is 16.8. The first-order valence-electron chi connectivity index (χ1n) is 6.89. The van der Waals surface area contributed by atoms with Gasteiger partial charge in [0.15, 0.2) is 0 Å². The number of hydrogen-bond acceptors (Lipinski definition) is 1. The minimum Gasteiger partial charge on any atom is -0.309 e.